The Labute approximate surface area is 203 Å². The Morgan fingerprint density at radius 3 is 2.63 bits per heavy atom. The van der Waals surface area contributed by atoms with E-state index in [1.54, 1.807) is 18.0 Å². The molecule has 10 heteroatoms. The molecule has 0 aliphatic carbocycles. The maximum atomic E-state index is 9.50. The third-order valence-electron chi connectivity index (χ3n) is 6.57. The monoisotopic (exact) mass is 469 g/mol. The highest BCUT2D eigenvalue weighted by molar-refractivity contribution is 5.89. The van der Waals surface area contributed by atoms with Crippen LogP contribution in [-0.4, -0.2) is 50.1 Å². The normalized spacial score (nSPS) is 15.1. The molecule has 0 amide bonds. The second-order valence-corrected chi connectivity index (χ2v) is 9.16. The van der Waals surface area contributed by atoms with E-state index in [-0.39, 0.29) is 5.41 Å². The van der Waals surface area contributed by atoms with Crippen molar-refractivity contribution in [1.82, 2.24) is 29.9 Å². The third kappa shape index (κ3) is 4.33. The Morgan fingerprint density at radius 2 is 1.94 bits per heavy atom. The fraction of sp³-hybridized carbons (Fsp3) is 0.360. The summed E-state index contributed by atoms with van der Waals surface area (Å²) in [4.78, 5) is 16.4. The van der Waals surface area contributed by atoms with Crippen LogP contribution in [0.25, 0.3) is 22.2 Å². The lowest BCUT2D eigenvalue weighted by atomic mass is 9.82. The summed E-state index contributed by atoms with van der Waals surface area (Å²) in [6.07, 6.45) is 5.12. The second-order valence-electron chi connectivity index (χ2n) is 9.16. The number of nitrogens with one attached hydrogen (secondary N) is 1. The van der Waals surface area contributed by atoms with Gasteiger partial charge in [-0.15, -0.1) is 5.10 Å². The van der Waals surface area contributed by atoms with Crippen molar-refractivity contribution in [3.05, 3.63) is 42.4 Å². The highest BCUT2D eigenvalue weighted by atomic mass is 16.5. The van der Waals surface area contributed by atoms with Crippen LogP contribution in [0.4, 0.5) is 17.5 Å². The van der Waals surface area contributed by atoms with E-state index in [9.17, 15) is 5.26 Å². The molecule has 1 aromatic carbocycles. The Bertz CT molecular complexity index is 1430. The van der Waals surface area contributed by atoms with Crippen molar-refractivity contribution in [2.45, 2.75) is 26.7 Å². The number of fused-ring (bicyclic) bond motifs is 1. The third-order valence-corrected chi connectivity index (χ3v) is 6.57. The summed E-state index contributed by atoms with van der Waals surface area (Å²) < 4.78 is 7.35. The van der Waals surface area contributed by atoms with Gasteiger partial charge in [0.1, 0.15) is 11.3 Å². The van der Waals surface area contributed by atoms with Gasteiger partial charge < -0.3 is 15.0 Å². The molecule has 0 unspecified atom stereocenters. The number of nitriles is 1. The first kappa shape index (κ1) is 22.5. The number of ether oxygens (including phenoxy) is 1. The highest BCUT2D eigenvalue weighted by Gasteiger charge is 2.31. The highest BCUT2D eigenvalue weighted by Crippen LogP contribution is 2.35. The minimum absolute atomic E-state index is 0.286. The number of aryl methyl sites for hydroxylation is 2. The zero-order chi connectivity index (χ0) is 24.6. The van der Waals surface area contributed by atoms with Gasteiger partial charge in [0.05, 0.1) is 36.2 Å². The number of rotatable bonds is 5. The molecule has 0 saturated carbocycles. The zero-order valence-electron chi connectivity index (χ0n) is 20.3. The van der Waals surface area contributed by atoms with Gasteiger partial charge in [-0.2, -0.15) is 5.26 Å². The number of pyridine rings is 1. The van der Waals surface area contributed by atoms with Gasteiger partial charge in [0.15, 0.2) is 5.82 Å². The van der Waals surface area contributed by atoms with Crippen LogP contribution >= 0.6 is 0 Å². The smallest absolute Gasteiger partial charge is 0.227 e. The van der Waals surface area contributed by atoms with Crippen molar-refractivity contribution in [3.63, 3.8) is 0 Å². The van der Waals surface area contributed by atoms with Gasteiger partial charge in [0.25, 0.3) is 0 Å². The summed E-state index contributed by atoms with van der Waals surface area (Å²) in [5.41, 5.74) is 3.98. The molecule has 1 aliphatic heterocycles. The molecule has 0 spiro atoms. The molecule has 0 atom stereocenters. The molecule has 4 aromatic rings. The van der Waals surface area contributed by atoms with E-state index < -0.39 is 0 Å². The minimum atomic E-state index is -0.286. The minimum Gasteiger partial charge on any atom is -0.495 e. The van der Waals surface area contributed by atoms with E-state index in [0.717, 1.165) is 65.3 Å². The van der Waals surface area contributed by atoms with E-state index in [1.807, 2.05) is 51.4 Å². The number of piperidine rings is 1. The van der Waals surface area contributed by atoms with Crippen molar-refractivity contribution < 1.29 is 4.74 Å². The summed E-state index contributed by atoms with van der Waals surface area (Å²) in [6, 6.07) is 10.3. The first-order valence-electron chi connectivity index (χ1n) is 11.5. The largest absolute Gasteiger partial charge is 0.495 e. The van der Waals surface area contributed by atoms with Crippen molar-refractivity contribution >= 4 is 28.4 Å². The Kier molecular flexibility index (Phi) is 5.68. The zero-order valence-corrected chi connectivity index (χ0v) is 20.3. The van der Waals surface area contributed by atoms with Crippen LogP contribution in [0, 0.1) is 23.7 Å². The fourth-order valence-electron chi connectivity index (χ4n) is 4.38. The van der Waals surface area contributed by atoms with Crippen LogP contribution in [0.15, 0.2) is 36.7 Å². The molecular formula is C25H27N9O. The molecule has 0 bridgehead atoms. The molecule has 0 radical (unpaired) electrons. The number of hydrogen-bond acceptors (Lipinski definition) is 9. The lowest BCUT2D eigenvalue weighted by molar-refractivity contribution is 0.336. The molecule has 5 rings (SSSR count). The predicted octanol–water partition coefficient (Wildman–Crippen LogP) is 4.01. The molecule has 1 fully saturated rings. The molecular weight excluding hydrogens is 442 g/mol. The van der Waals surface area contributed by atoms with E-state index in [2.05, 4.69) is 31.6 Å². The number of nitrogens with zero attached hydrogens (tertiary/aromatic N) is 8. The average molecular weight is 470 g/mol. The molecule has 35 heavy (non-hydrogen) atoms. The first-order chi connectivity index (χ1) is 16.9. The van der Waals surface area contributed by atoms with Crippen LogP contribution in [0.1, 0.15) is 25.5 Å². The summed E-state index contributed by atoms with van der Waals surface area (Å²) in [5.74, 6) is 1.94. The van der Waals surface area contributed by atoms with Crippen LogP contribution in [0.2, 0.25) is 0 Å². The molecule has 178 valence electrons. The summed E-state index contributed by atoms with van der Waals surface area (Å²) in [7, 11) is 3.48. The second kappa shape index (κ2) is 8.83. The van der Waals surface area contributed by atoms with Crippen molar-refractivity contribution in [2.24, 2.45) is 12.5 Å². The van der Waals surface area contributed by atoms with E-state index in [0.29, 0.717) is 11.7 Å². The first-order valence-corrected chi connectivity index (χ1v) is 11.5. The van der Waals surface area contributed by atoms with Gasteiger partial charge in [0.2, 0.25) is 5.95 Å². The molecule has 3 aromatic heterocycles. The van der Waals surface area contributed by atoms with E-state index >= 15 is 0 Å². The molecule has 1 N–H and O–H groups in total. The van der Waals surface area contributed by atoms with E-state index in [4.69, 9.17) is 14.7 Å². The fourth-order valence-corrected chi connectivity index (χ4v) is 4.38. The van der Waals surface area contributed by atoms with Crippen molar-refractivity contribution in [3.8, 4) is 23.1 Å². The summed E-state index contributed by atoms with van der Waals surface area (Å²) in [5, 5.41) is 21.7. The average Bonchev–Trinajstić information content (AvgIpc) is 3.30. The molecule has 1 aliphatic rings. The van der Waals surface area contributed by atoms with Crippen molar-refractivity contribution in [1.29, 1.82) is 5.26 Å². The number of benzene rings is 1. The Morgan fingerprint density at radius 1 is 1.14 bits per heavy atom. The number of methoxy groups -OCH3 is 1. The van der Waals surface area contributed by atoms with Gasteiger partial charge in [-0.1, -0.05) is 11.3 Å². The molecule has 10 nitrogen and oxygen atoms in total. The SMILES string of the molecule is COc1cc(-c2cnnn2C)ccc1Nc1ncc2cc(C)nc(N3CCC(C)(C#N)CC3)c2n1. The standard InChI is InChI=1S/C25H27N9O/c1-16-11-18-13-27-24(31-22(18)23(29-16)34-9-7-25(2,15-26)8-10-34)30-19-6-5-17(12-21(19)35-4)20-14-28-32-33(20)3/h5-6,11-14H,7-10H2,1-4H3,(H,27,30,31). The summed E-state index contributed by atoms with van der Waals surface area (Å²) >= 11 is 0. The Hall–Kier alpha value is -4.26. The van der Waals surface area contributed by atoms with Crippen LogP contribution in [0.3, 0.4) is 0 Å². The summed E-state index contributed by atoms with van der Waals surface area (Å²) in [6.45, 7) is 5.53. The van der Waals surface area contributed by atoms with Crippen molar-refractivity contribution in [2.75, 3.05) is 30.4 Å². The van der Waals surface area contributed by atoms with Crippen LogP contribution < -0.4 is 15.0 Å². The van der Waals surface area contributed by atoms with Gasteiger partial charge in [0, 0.05) is 43.0 Å². The number of aromatic nitrogens is 6. The quantitative estimate of drug-likeness (QED) is 0.462. The number of anilines is 3. The molecule has 4 heterocycles. The maximum absolute atomic E-state index is 9.50. The van der Waals surface area contributed by atoms with Crippen LogP contribution in [-0.2, 0) is 7.05 Å². The van der Waals surface area contributed by atoms with Gasteiger partial charge in [-0.3, -0.25) is 0 Å². The molecule has 1 saturated heterocycles. The van der Waals surface area contributed by atoms with E-state index in [1.165, 1.54) is 0 Å². The van der Waals surface area contributed by atoms with Gasteiger partial charge >= 0.3 is 0 Å². The lowest BCUT2D eigenvalue weighted by Gasteiger charge is -2.36. The topological polar surface area (TPSA) is 118 Å². The Balaban J connectivity index is 1.47. The predicted molar refractivity (Wildman–Crippen MR) is 134 cm³/mol. The maximum Gasteiger partial charge on any atom is 0.227 e. The van der Waals surface area contributed by atoms with Gasteiger partial charge in [-0.05, 0) is 44.9 Å². The van der Waals surface area contributed by atoms with Crippen LogP contribution in [0.5, 0.6) is 5.75 Å². The lowest BCUT2D eigenvalue weighted by Crippen LogP contribution is -2.38. The number of hydrogen-bond donors (Lipinski definition) is 1. The van der Waals surface area contributed by atoms with Gasteiger partial charge in [-0.25, -0.2) is 19.6 Å².